The minimum absolute atomic E-state index is 0.0362. The van der Waals surface area contributed by atoms with Crippen LogP contribution in [0.2, 0.25) is 0 Å². The number of carbonyl (C=O) groups is 1. The Morgan fingerprint density at radius 2 is 1.94 bits per heavy atom. The van der Waals surface area contributed by atoms with E-state index in [1.54, 1.807) is 0 Å². The number of hydrogen-bond donors (Lipinski definition) is 2. The fourth-order valence-corrected chi connectivity index (χ4v) is 1.51. The monoisotopic (exact) mass is 259 g/mol. The molecular weight excluding hydrogens is 234 g/mol. The summed E-state index contributed by atoms with van der Waals surface area (Å²) in [6.45, 7) is 11.1. The zero-order valence-electron chi connectivity index (χ0n) is 11.5. The molecule has 0 unspecified atom stereocenters. The van der Waals surface area contributed by atoms with Crippen LogP contribution in [-0.2, 0) is 4.79 Å². The molecule has 0 aliphatic heterocycles. The van der Waals surface area contributed by atoms with Crippen LogP contribution in [0.15, 0.2) is 0 Å². The van der Waals surface area contributed by atoms with Gasteiger partial charge >= 0.3 is 0 Å². The van der Waals surface area contributed by atoms with Crippen molar-refractivity contribution >= 4 is 23.1 Å². The summed E-state index contributed by atoms with van der Waals surface area (Å²) in [5.41, 5.74) is 5.29. The summed E-state index contributed by atoms with van der Waals surface area (Å²) in [5.74, 6) is 0.0362. The van der Waals surface area contributed by atoms with Gasteiger partial charge in [-0.25, -0.2) is 0 Å². The average molecular weight is 259 g/mol. The summed E-state index contributed by atoms with van der Waals surface area (Å²) in [6.07, 6.45) is 0.649. The molecule has 0 aromatic carbocycles. The maximum Gasteiger partial charge on any atom is 0.234 e. The van der Waals surface area contributed by atoms with Gasteiger partial charge in [-0.15, -0.1) is 0 Å². The molecular formula is C12H25N3OS. The molecule has 0 fully saturated rings. The van der Waals surface area contributed by atoms with Crippen molar-refractivity contribution in [2.45, 2.75) is 52.6 Å². The molecule has 17 heavy (non-hydrogen) atoms. The normalized spacial score (nSPS) is 11.9. The van der Waals surface area contributed by atoms with Gasteiger partial charge in [0, 0.05) is 24.5 Å². The van der Waals surface area contributed by atoms with E-state index in [1.165, 1.54) is 0 Å². The van der Waals surface area contributed by atoms with Crippen molar-refractivity contribution in [3.8, 4) is 0 Å². The summed E-state index contributed by atoms with van der Waals surface area (Å²) in [4.78, 5) is 14.4. The molecule has 0 heterocycles. The number of nitrogens with two attached hydrogens (primary N) is 1. The zero-order chi connectivity index (χ0) is 13.6. The lowest BCUT2D eigenvalue weighted by atomic mass is 10.1. The quantitative estimate of drug-likeness (QED) is 0.706. The molecule has 0 bridgehead atoms. The molecule has 3 N–H and O–H groups in total. The Kier molecular flexibility index (Phi) is 6.64. The van der Waals surface area contributed by atoms with E-state index >= 15 is 0 Å². The van der Waals surface area contributed by atoms with Gasteiger partial charge in [0.2, 0.25) is 5.91 Å². The molecule has 0 spiro atoms. The zero-order valence-corrected chi connectivity index (χ0v) is 12.4. The molecule has 0 aromatic heterocycles. The molecule has 0 rings (SSSR count). The van der Waals surface area contributed by atoms with E-state index in [1.807, 2.05) is 20.8 Å². The van der Waals surface area contributed by atoms with Crippen LogP contribution < -0.4 is 11.1 Å². The van der Waals surface area contributed by atoms with Gasteiger partial charge in [-0.1, -0.05) is 12.2 Å². The Bertz CT molecular complexity index is 271. The lowest BCUT2D eigenvalue weighted by Gasteiger charge is -2.28. The van der Waals surface area contributed by atoms with Crippen molar-refractivity contribution in [1.82, 2.24) is 10.2 Å². The smallest absolute Gasteiger partial charge is 0.234 e. The van der Waals surface area contributed by atoms with Crippen molar-refractivity contribution in [2.24, 2.45) is 5.73 Å². The fraction of sp³-hybridized carbons (Fsp3) is 0.833. The first-order valence-electron chi connectivity index (χ1n) is 5.95. The summed E-state index contributed by atoms with van der Waals surface area (Å²) in [6, 6.07) is 0.301. The van der Waals surface area contributed by atoms with Crippen molar-refractivity contribution in [3.05, 3.63) is 0 Å². The molecule has 0 atom stereocenters. The van der Waals surface area contributed by atoms with E-state index in [-0.39, 0.29) is 11.4 Å². The van der Waals surface area contributed by atoms with E-state index in [0.717, 1.165) is 6.54 Å². The molecule has 0 saturated carbocycles. The Morgan fingerprint density at radius 3 is 2.29 bits per heavy atom. The van der Waals surface area contributed by atoms with Crippen LogP contribution in [0, 0.1) is 0 Å². The minimum Gasteiger partial charge on any atom is -0.393 e. The maximum absolute atomic E-state index is 11.8. The number of hydrogen-bond acceptors (Lipinski definition) is 3. The van der Waals surface area contributed by atoms with E-state index in [2.05, 4.69) is 24.1 Å². The number of amides is 1. The van der Waals surface area contributed by atoms with Gasteiger partial charge in [-0.2, -0.15) is 0 Å². The third-order valence-corrected chi connectivity index (χ3v) is 2.44. The van der Waals surface area contributed by atoms with Gasteiger partial charge in [-0.3, -0.25) is 9.69 Å². The van der Waals surface area contributed by atoms with Crippen LogP contribution >= 0.6 is 12.2 Å². The highest BCUT2D eigenvalue weighted by molar-refractivity contribution is 7.80. The van der Waals surface area contributed by atoms with Gasteiger partial charge < -0.3 is 11.1 Å². The molecule has 100 valence electrons. The van der Waals surface area contributed by atoms with Gasteiger partial charge in [0.05, 0.1) is 11.5 Å². The summed E-state index contributed by atoms with van der Waals surface area (Å²) in [5, 5.41) is 2.95. The first-order chi connectivity index (χ1) is 7.61. The topological polar surface area (TPSA) is 58.4 Å². The molecule has 1 amide bonds. The highest BCUT2D eigenvalue weighted by Crippen LogP contribution is 2.02. The molecule has 0 saturated heterocycles. The molecule has 0 aromatic rings. The second-order valence-electron chi connectivity index (χ2n) is 5.58. The van der Waals surface area contributed by atoms with E-state index in [4.69, 9.17) is 18.0 Å². The second-order valence-corrected chi connectivity index (χ2v) is 6.10. The first kappa shape index (κ1) is 16.3. The second kappa shape index (κ2) is 6.91. The highest BCUT2D eigenvalue weighted by atomic mass is 32.1. The Labute approximate surface area is 110 Å². The van der Waals surface area contributed by atoms with Gasteiger partial charge in [0.1, 0.15) is 0 Å². The largest absolute Gasteiger partial charge is 0.393 e. The molecule has 5 heteroatoms. The Hall–Kier alpha value is -0.680. The van der Waals surface area contributed by atoms with Crippen LogP contribution in [0.4, 0.5) is 0 Å². The molecule has 4 nitrogen and oxygen atoms in total. The molecule has 0 radical (unpaired) electrons. The Morgan fingerprint density at radius 1 is 1.41 bits per heavy atom. The number of nitrogens with zero attached hydrogens (tertiary/aromatic N) is 1. The minimum atomic E-state index is -0.192. The predicted octanol–water partition coefficient (Wildman–Crippen LogP) is 1.29. The predicted molar refractivity (Wildman–Crippen MR) is 76.0 cm³/mol. The van der Waals surface area contributed by atoms with E-state index in [0.29, 0.717) is 24.0 Å². The number of thiocarbonyl (C=S) groups is 1. The first-order valence-corrected chi connectivity index (χ1v) is 6.36. The SMILES string of the molecule is CC(C)N(CCC(N)=S)CC(=O)NC(C)(C)C. The average Bonchev–Trinajstić information content (AvgIpc) is 2.08. The molecule has 0 aliphatic carbocycles. The number of rotatable bonds is 6. The van der Waals surface area contributed by atoms with Crippen molar-refractivity contribution < 1.29 is 4.79 Å². The lowest BCUT2D eigenvalue weighted by Crippen LogP contribution is -2.47. The summed E-state index contributed by atoms with van der Waals surface area (Å²) >= 11 is 4.85. The van der Waals surface area contributed by atoms with Gasteiger partial charge in [0.15, 0.2) is 0 Å². The summed E-state index contributed by atoms with van der Waals surface area (Å²) < 4.78 is 0. The van der Waals surface area contributed by atoms with Crippen molar-refractivity contribution in [1.29, 1.82) is 0 Å². The third kappa shape index (κ3) is 9.06. The van der Waals surface area contributed by atoms with Gasteiger partial charge in [-0.05, 0) is 34.6 Å². The van der Waals surface area contributed by atoms with Crippen LogP contribution in [0.25, 0.3) is 0 Å². The molecule has 0 aliphatic rings. The third-order valence-electron chi connectivity index (χ3n) is 2.24. The van der Waals surface area contributed by atoms with E-state index in [9.17, 15) is 4.79 Å². The van der Waals surface area contributed by atoms with Crippen LogP contribution in [0.3, 0.4) is 0 Å². The number of nitrogens with one attached hydrogen (secondary N) is 1. The maximum atomic E-state index is 11.8. The van der Waals surface area contributed by atoms with Crippen LogP contribution in [0.5, 0.6) is 0 Å². The standard InChI is InChI=1S/C12H25N3OS/c1-9(2)15(7-6-10(13)17)8-11(16)14-12(3,4)5/h9H,6-8H2,1-5H3,(H2,13,17)(H,14,16). The highest BCUT2D eigenvalue weighted by Gasteiger charge is 2.18. The van der Waals surface area contributed by atoms with Crippen LogP contribution in [0.1, 0.15) is 41.0 Å². The van der Waals surface area contributed by atoms with Crippen molar-refractivity contribution in [3.63, 3.8) is 0 Å². The van der Waals surface area contributed by atoms with Crippen LogP contribution in [-0.4, -0.2) is 40.5 Å². The Balaban J connectivity index is 4.25. The number of carbonyl (C=O) groups excluding carboxylic acids is 1. The lowest BCUT2D eigenvalue weighted by molar-refractivity contribution is -0.124. The fourth-order valence-electron chi connectivity index (χ4n) is 1.42. The van der Waals surface area contributed by atoms with Gasteiger partial charge in [0.25, 0.3) is 0 Å². The summed E-state index contributed by atoms with van der Waals surface area (Å²) in [7, 11) is 0. The van der Waals surface area contributed by atoms with E-state index < -0.39 is 0 Å². The van der Waals surface area contributed by atoms with Crippen molar-refractivity contribution in [2.75, 3.05) is 13.1 Å².